The molecule has 1 aromatic rings. The minimum atomic E-state index is -0.416. The van der Waals surface area contributed by atoms with Gasteiger partial charge in [0, 0.05) is 13.1 Å². The predicted molar refractivity (Wildman–Crippen MR) is 86.7 cm³/mol. The largest absolute Gasteiger partial charge is 0.366 e. The molecule has 2 aliphatic rings. The molecule has 0 N–H and O–H groups in total. The number of rotatable bonds is 2. The molecule has 0 aromatic heterocycles. The summed E-state index contributed by atoms with van der Waals surface area (Å²) in [6, 6.07) is 5.61. The van der Waals surface area contributed by atoms with Crippen molar-refractivity contribution in [2.24, 2.45) is 0 Å². The van der Waals surface area contributed by atoms with Crippen molar-refractivity contribution in [3.05, 3.63) is 40.1 Å². The third-order valence-corrected chi connectivity index (χ3v) is 4.83. The van der Waals surface area contributed by atoms with Crippen LogP contribution < -0.4 is 4.90 Å². The first-order chi connectivity index (χ1) is 10.5. The first-order valence-corrected chi connectivity index (χ1v) is 8.00. The molecule has 0 saturated carbocycles. The topological polar surface area (TPSA) is 40.6 Å². The maximum Gasteiger partial charge on any atom is 0.283 e. The summed E-state index contributed by atoms with van der Waals surface area (Å²) in [6.45, 7) is 5.44. The molecular formula is C17H19ClN2O2. The van der Waals surface area contributed by atoms with E-state index in [1.165, 1.54) is 4.90 Å². The van der Waals surface area contributed by atoms with E-state index in [1.54, 1.807) is 6.07 Å². The number of nitrogens with zero attached hydrogens (tertiary/aromatic N) is 2. The second-order valence-corrected chi connectivity index (χ2v) is 6.25. The Kier molecular flexibility index (Phi) is 3.96. The van der Waals surface area contributed by atoms with Crippen LogP contribution in [0.2, 0.25) is 0 Å². The molecule has 1 aromatic carbocycles. The van der Waals surface area contributed by atoms with E-state index in [2.05, 4.69) is 0 Å². The lowest BCUT2D eigenvalue weighted by Gasteiger charge is -2.29. The Morgan fingerprint density at radius 2 is 1.68 bits per heavy atom. The van der Waals surface area contributed by atoms with Gasteiger partial charge >= 0.3 is 0 Å². The molecule has 0 aliphatic carbocycles. The van der Waals surface area contributed by atoms with E-state index in [0.717, 1.165) is 43.5 Å². The van der Waals surface area contributed by atoms with Gasteiger partial charge in [0.25, 0.3) is 11.8 Å². The first-order valence-electron chi connectivity index (χ1n) is 7.62. The van der Waals surface area contributed by atoms with Crippen LogP contribution >= 0.6 is 11.6 Å². The molecule has 2 aliphatic heterocycles. The summed E-state index contributed by atoms with van der Waals surface area (Å²) in [4.78, 5) is 28.5. The molecule has 0 atom stereocenters. The molecule has 1 fully saturated rings. The van der Waals surface area contributed by atoms with E-state index in [4.69, 9.17) is 11.6 Å². The normalized spacial score (nSPS) is 19.4. The number of halogens is 1. The monoisotopic (exact) mass is 318 g/mol. The van der Waals surface area contributed by atoms with Gasteiger partial charge in [-0.1, -0.05) is 23.7 Å². The van der Waals surface area contributed by atoms with Gasteiger partial charge in [-0.3, -0.25) is 9.59 Å². The fourth-order valence-electron chi connectivity index (χ4n) is 3.08. The van der Waals surface area contributed by atoms with Crippen molar-refractivity contribution in [3.63, 3.8) is 0 Å². The Balaban J connectivity index is 1.98. The van der Waals surface area contributed by atoms with Crippen LogP contribution in [0.5, 0.6) is 0 Å². The Labute approximate surface area is 135 Å². The molecule has 0 bridgehead atoms. The number of likely N-dealkylation sites (tertiary alicyclic amines) is 1. The van der Waals surface area contributed by atoms with E-state index in [1.807, 2.05) is 30.9 Å². The zero-order valence-electron chi connectivity index (χ0n) is 12.9. The fraction of sp³-hybridized carbons (Fsp3) is 0.412. The Morgan fingerprint density at radius 1 is 1.00 bits per heavy atom. The van der Waals surface area contributed by atoms with Gasteiger partial charge in [-0.25, -0.2) is 4.90 Å². The van der Waals surface area contributed by atoms with E-state index in [-0.39, 0.29) is 10.9 Å². The number of amides is 2. The second kappa shape index (κ2) is 5.76. The second-order valence-electron chi connectivity index (χ2n) is 5.88. The van der Waals surface area contributed by atoms with Gasteiger partial charge in [0.05, 0.1) is 5.69 Å². The van der Waals surface area contributed by atoms with Gasteiger partial charge in [-0.05, 0) is 50.3 Å². The van der Waals surface area contributed by atoms with Crippen LogP contribution in [-0.4, -0.2) is 29.8 Å². The highest BCUT2D eigenvalue weighted by atomic mass is 35.5. The van der Waals surface area contributed by atoms with E-state index >= 15 is 0 Å². The zero-order valence-corrected chi connectivity index (χ0v) is 13.6. The summed E-state index contributed by atoms with van der Waals surface area (Å²) < 4.78 is 0. The molecule has 116 valence electrons. The van der Waals surface area contributed by atoms with Gasteiger partial charge in [-0.2, -0.15) is 0 Å². The van der Waals surface area contributed by atoms with Crippen molar-refractivity contribution < 1.29 is 9.59 Å². The van der Waals surface area contributed by atoms with Crippen LogP contribution in [0.3, 0.4) is 0 Å². The highest BCUT2D eigenvalue weighted by Gasteiger charge is 2.42. The molecule has 2 amide bonds. The summed E-state index contributed by atoms with van der Waals surface area (Å²) in [5.74, 6) is -0.716. The molecule has 4 nitrogen and oxygen atoms in total. The maximum atomic E-state index is 12.8. The number of anilines is 1. The summed E-state index contributed by atoms with van der Waals surface area (Å²) in [7, 11) is 0. The number of benzene rings is 1. The average molecular weight is 319 g/mol. The van der Waals surface area contributed by atoms with Crippen molar-refractivity contribution in [1.82, 2.24) is 4.90 Å². The molecule has 3 rings (SSSR count). The minimum absolute atomic E-state index is 0.0489. The lowest BCUT2D eigenvalue weighted by molar-refractivity contribution is -0.121. The first kappa shape index (κ1) is 15.1. The Hall–Kier alpha value is -1.81. The summed E-state index contributed by atoms with van der Waals surface area (Å²) >= 11 is 6.22. The van der Waals surface area contributed by atoms with Crippen molar-refractivity contribution in [1.29, 1.82) is 0 Å². The van der Waals surface area contributed by atoms with Crippen LogP contribution in [0.4, 0.5) is 5.69 Å². The van der Waals surface area contributed by atoms with Crippen LogP contribution in [0.25, 0.3) is 0 Å². The quantitative estimate of drug-likeness (QED) is 0.787. The highest BCUT2D eigenvalue weighted by molar-refractivity contribution is 6.52. The smallest absolute Gasteiger partial charge is 0.283 e. The fourth-order valence-corrected chi connectivity index (χ4v) is 3.36. The Bertz CT molecular complexity index is 675. The van der Waals surface area contributed by atoms with Crippen molar-refractivity contribution in [2.75, 3.05) is 18.0 Å². The van der Waals surface area contributed by atoms with Crippen molar-refractivity contribution in [2.45, 2.75) is 33.1 Å². The van der Waals surface area contributed by atoms with Crippen LogP contribution in [0.15, 0.2) is 28.9 Å². The van der Waals surface area contributed by atoms with Gasteiger partial charge in [0.2, 0.25) is 0 Å². The standard InChI is InChI=1S/C17H19ClN2O2/c1-11-7-6-8-13(12(11)2)20-16(21)14(18)15(17(20)22)19-9-4-3-5-10-19/h6-8H,3-5,9-10H2,1-2H3. The van der Waals surface area contributed by atoms with E-state index in [9.17, 15) is 9.59 Å². The van der Waals surface area contributed by atoms with E-state index in [0.29, 0.717) is 11.4 Å². The van der Waals surface area contributed by atoms with Gasteiger partial charge < -0.3 is 4.90 Å². The minimum Gasteiger partial charge on any atom is -0.366 e. The molecule has 5 heteroatoms. The number of carbonyl (C=O) groups is 2. The molecule has 2 heterocycles. The number of piperidine rings is 1. The molecule has 0 unspecified atom stereocenters. The summed E-state index contributed by atoms with van der Waals surface area (Å²) in [6.07, 6.45) is 3.21. The van der Waals surface area contributed by atoms with Crippen LogP contribution in [-0.2, 0) is 9.59 Å². The molecule has 1 saturated heterocycles. The molecule has 22 heavy (non-hydrogen) atoms. The number of aryl methyl sites for hydroxylation is 1. The predicted octanol–water partition coefficient (Wildman–Crippen LogP) is 3.11. The lowest BCUT2D eigenvalue weighted by atomic mass is 10.1. The summed E-state index contributed by atoms with van der Waals surface area (Å²) in [5.41, 5.74) is 2.96. The van der Waals surface area contributed by atoms with E-state index < -0.39 is 5.91 Å². The maximum absolute atomic E-state index is 12.8. The third-order valence-electron chi connectivity index (χ3n) is 4.49. The molecule has 0 radical (unpaired) electrons. The number of carbonyl (C=O) groups excluding carboxylic acids is 2. The molecular weight excluding hydrogens is 300 g/mol. The summed E-state index contributed by atoms with van der Waals surface area (Å²) in [5, 5.41) is 0.0489. The number of hydrogen-bond donors (Lipinski definition) is 0. The van der Waals surface area contributed by atoms with Gasteiger partial charge in [-0.15, -0.1) is 0 Å². The zero-order chi connectivity index (χ0) is 15.9. The van der Waals surface area contributed by atoms with Crippen molar-refractivity contribution in [3.8, 4) is 0 Å². The Morgan fingerprint density at radius 3 is 2.36 bits per heavy atom. The number of imide groups is 1. The average Bonchev–Trinajstić information content (AvgIpc) is 2.74. The highest BCUT2D eigenvalue weighted by Crippen LogP contribution is 2.34. The van der Waals surface area contributed by atoms with Gasteiger partial charge in [0.1, 0.15) is 10.7 Å². The third kappa shape index (κ3) is 2.31. The van der Waals surface area contributed by atoms with Gasteiger partial charge in [0.15, 0.2) is 0 Å². The van der Waals surface area contributed by atoms with Crippen LogP contribution in [0, 0.1) is 13.8 Å². The SMILES string of the molecule is Cc1cccc(N2C(=O)C(Cl)=C(N3CCCCC3)C2=O)c1C. The lowest BCUT2D eigenvalue weighted by Crippen LogP contribution is -2.37. The van der Waals surface area contributed by atoms with Crippen molar-refractivity contribution >= 4 is 29.1 Å². The molecule has 0 spiro atoms. The number of hydrogen-bond acceptors (Lipinski definition) is 3. The van der Waals surface area contributed by atoms with Crippen LogP contribution in [0.1, 0.15) is 30.4 Å².